The molecule has 0 spiro atoms. The zero-order valence-electron chi connectivity index (χ0n) is 16.7. The third-order valence-electron chi connectivity index (χ3n) is 4.32. The average molecular weight is 415 g/mol. The summed E-state index contributed by atoms with van der Waals surface area (Å²) in [6.45, 7) is 6.57. The van der Waals surface area contributed by atoms with E-state index >= 15 is 0 Å². The summed E-state index contributed by atoms with van der Waals surface area (Å²) in [6.07, 6.45) is -5.30. The van der Waals surface area contributed by atoms with E-state index < -0.39 is 47.3 Å². The van der Waals surface area contributed by atoms with Crippen molar-refractivity contribution in [3.63, 3.8) is 0 Å². The van der Waals surface area contributed by atoms with Crippen LogP contribution in [0.1, 0.15) is 45.2 Å². The third kappa shape index (κ3) is 5.71. The molecule has 0 unspecified atom stereocenters. The molecule has 1 aromatic rings. The summed E-state index contributed by atoms with van der Waals surface area (Å²) in [5.41, 5.74) is -1.17. The largest absolute Gasteiger partial charge is 0.464 e. The van der Waals surface area contributed by atoms with Crippen molar-refractivity contribution in [1.82, 2.24) is 4.90 Å². The molecular formula is C20H24F3NO5. The molecular weight excluding hydrogens is 391 g/mol. The van der Waals surface area contributed by atoms with E-state index in [-0.39, 0.29) is 19.4 Å². The second-order valence-electron chi connectivity index (χ2n) is 7.79. The molecule has 1 aliphatic heterocycles. The van der Waals surface area contributed by atoms with E-state index in [1.165, 1.54) is 12.1 Å². The molecule has 2 rings (SSSR count). The number of alkyl halides is 3. The van der Waals surface area contributed by atoms with Crippen LogP contribution in [0.15, 0.2) is 24.3 Å². The van der Waals surface area contributed by atoms with Crippen LogP contribution < -0.4 is 0 Å². The molecule has 0 saturated carbocycles. The highest BCUT2D eigenvalue weighted by atomic mass is 19.4. The lowest BCUT2D eigenvalue weighted by molar-refractivity contribution is -0.151. The van der Waals surface area contributed by atoms with E-state index in [0.29, 0.717) is 5.56 Å². The molecule has 1 saturated heterocycles. The van der Waals surface area contributed by atoms with Gasteiger partial charge in [0.25, 0.3) is 0 Å². The number of hydrogen-bond donors (Lipinski definition) is 0. The van der Waals surface area contributed by atoms with Crippen LogP contribution in [0.5, 0.6) is 0 Å². The fourth-order valence-electron chi connectivity index (χ4n) is 3.08. The van der Waals surface area contributed by atoms with Gasteiger partial charge in [0, 0.05) is 5.92 Å². The van der Waals surface area contributed by atoms with Gasteiger partial charge in [0.2, 0.25) is 5.91 Å². The lowest BCUT2D eigenvalue weighted by Crippen LogP contribution is -2.46. The van der Waals surface area contributed by atoms with E-state index in [9.17, 15) is 27.6 Å². The summed E-state index contributed by atoms with van der Waals surface area (Å²) in [5, 5.41) is 0. The molecule has 29 heavy (non-hydrogen) atoms. The lowest BCUT2D eigenvalue weighted by atomic mass is 9.95. The number of hydrogen-bond acceptors (Lipinski definition) is 5. The van der Waals surface area contributed by atoms with Crippen LogP contribution in [-0.4, -0.2) is 41.1 Å². The summed E-state index contributed by atoms with van der Waals surface area (Å²) in [4.78, 5) is 38.4. The summed E-state index contributed by atoms with van der Waals surface area (Å²) in [6, 6.07) is 3.31. The van der Waals surface area contributed by atoms with Gasteiger partial charge < -0.3 is 9.47 Å². The van der Waals surface area contributed by atoms with Crippen molar-refractivity contribution in [2.45, 2.75) is 58.4 Å². The number of imide groups is 1. The number of rotatable bonds is 4. The minimum atomic E-state index is -4.45. The topological polar surface area (TPSA) is 72.9 Å². The first-order valence-corrected chi connectivity index (χ1v) is 9.22. The average Bonchev–Trinajstić information content (AvgIpc) is 2.90. The monoisotopic (exact) mass is 415 g/mol. The molecule has 6 nitrogen and oxygen atoms in total. The number of likely N-dealkylation sites (tertiary alicyclic amines) is 1. The number of nitrogens with zero attached hydrogens (tertiary/aromatic N) is 1. The SMILES string of the molecule is CCOC(=O)[C@H]1C[C@H](Cc2ccc(C(F)(F)F)cc2)C(=O)N1C(=O)OC(C)(C)C. The molecule has 0 N–H and O–H groups in total. The Morgan fingerprint density at radius 3 is 2.21 bits per heavy atom. The van der Waals surface area contributed by atoms with Crippen molar-refractivity contribution in [2.75, 3.05) is 6.61 Å². The number of carbonyl (C=O) groups is 3. The molecule has 1 aromatic carbocycles. The summed E-state index contributed by atoms with van der Waals surface area (Å²) in [7, 11) is 0. The summed E-state index contributed by atoms with van der Waals surface area (Å²) in [5.74, 6) is -2.09. The van der Waals surface area contributed by atoms with E-state index in [2.05, 4.69) is 0 Å². The smallest absolute Gasteiger partial charge is 0.417 e. The standard InChI is InChI=1S/C20H24F3NO5/c1-5-28-17(26)15-11-13(16(25)24(15)18(27)29-19(2,3)4)10-12-6-8-14(9-7-12)20(21,22)23/h6-9,13,15H,5,10-11H2,1-4H3/t13-,15+/m0/s1. The Bertz CT molecular complexity index is 768. The molecule has 1 aliphatic rings. The van der Waals surface area contributed by atoms with Gasteiger partial charge >= 0.3 is 18.2 Å². The predicted molar refractivity (Wildman–Crippen MR) is 96.8 cm³/mol. The van der Waals surface area contributed by atoms with Crippen molar-refractivity contribution in [2.24, 2.45) is 5.92 Å². The van der Waals surface area contributed by atoms with Crippen molar-refractivity contribution < 1.29 is 37.0 Å². The second kappa shape index (κ2) is 8.42. The molecule has 1 fully saturated rings. The number of esters is 1. The number of carbonyl (C=O) groups excluding carboxylic acids is 3. The highest BCUT2D eigenvalue weighted by Gasteiger charge is 2.48. The molecule has 0 aromatic heterocycles. The number of amides is 2. The number of benzene rings is 1. The zero-order chi connectivity index (χ0) is 22.0. The van der Waals surface area contributed by atoms with Crippen LogP contribution in [0.4, 0.5) is 18.0 Å². The Kier molecular flexibility index (Phi) is 6.60. The molecule has 0 bridgehead atoms. The molecule has 160 valence electrons. The Morgan fingerprint density at radius 1 is 1.14 bits per heavy atom. The Morgan fingerprint density at radius 2 is 1.72 bits per heavy atom. The highest BCUT2D eigenvalue weighted by molar-refractivity contribution is 6.00. The first-order valence-electron chi connectivity index (χ1n) is 9.22. The van der Waals surface area contributed by atoms with Gasteiger partial charge in [-0.05, 0) is 58.2 Å². The first-order chi connectivity index (χ1) is 13.3. The quantitative estimate of drug-likeness (QED) is 0.696. The van der Waals surface area contributed by atoms with Crippen LogP contribution in [0, 0.1) is 5.92 Å². The maximum atomic E-state index is 12.8. The maximum Gasteiger partial charge on any atom is 0.417 e. The van der Waals surface area contributed by atoms with Gasteiger partial charge in [-0.15, -0.1) is 0 Å². The van der Waals surface area contributed by atoms with Gasteiger partial charge in [0.05, 0.1) is 12.2 Å². The molecule has 0 radical (unpaired) electrons. The van der Waals surface area contributed by atoms with E-state index in [1.54, 1.807) is 27.7 Å². The number of halogens is 3. The zero-order valence-corrected chi connectivity index (χ0v) is 16.7. The van der Waals surface area contributed by atoms with E-state index in [4.69, 9.17) is 9.47 Å². The second-order valence-corrected chi connectivity index (χ2v) is 7.79. The van der Waals surface area contributed by atoms with E-state index in [1.807, 2.05) is 0 Å². The van der Waals surface area contributed by atoms with Gasteiger partial charge in [-0.2, -0.15) is 13.2 Å². The fourth-order valence-corrected chi connectivity index (χ4v) is 3.08. The Hall–Kier alpha value is -2.58. The molecule has 1 heterocycles. The molecule has 9 heteroatoms. The predicted octanol–water partition coefficient (Wildman–Crippen LogP) is 3.96. The fraction of sp³-hybridized carbons (Fsp3) is 0.550. The molecule has 2 atom stereocenters. The van der Waals surface area contributed by atoms with Crippen LogP contribution in [-0.2, 0) is 31.7 Å². The summed E-state index contributed by atoms with van der Waals surface area (Å²) < 4.78 is 48.3. The summed E-state index contributed by atoms with van der Waals surface area (Å²) >= 11 is 0. The van der Waals surface area contributed by atoms with Crippen LogP contribution in [0.25, 0.3) is 0 Å². The van der Waals surface area contributed by atoms with Crippen molar-refractivity contribution >= 4 is 18.0 Å². The molecule has 0 aliphatic carbocycles. The van der Waals surface area contributed by atoms with Crippen LogP contribution >= 0.6 is 0 Å². The minimum Gasteiger partial charge on any atom is -0.464 e. The van der Waals surface area contributed by atoms with Gasteiger partial charge in [-0.1, -0.05) is 12.1 Å². The van der Waals surface area contributed by atoms with Crippen molar-refractivity contribution in [3.05, 3.63) is 35.4 Å². The normalized spacial score (nSPS) is 20.0. The molecule has 2 amide bonds. The van der Waals surface area contributed by atoms with Gasteiger partial charge in [-0.3, -0.25) is 4.79 Å². The highest BCUT2D eigenvalue weighted by Crippen LogP contribution is 2.32. The lowest BCUT2D eigenvalue weighted by Gasteiger charge is -2.26. The van der Waals surface area contributed by atoms with Gasteiger partial charge in [0.15, 0.2) is 0 Å². The minimum absolute atomic E-state index is 0.0118. The van der Waals surface area contributed by atoms with Gasteiger partial charge in [-0.25, -0.2) is 14.5 Å². The van der Waals surface area contributed by atoms with Crippen LogP contribution in [0.3, 0.4) is 0 Å². The van der Waals surface area contributed by atoms with Crippen LogP contribution in [0.2, 0.25) is 0 Å². The first kappa shape index (κ1) is 22.7. The third-order valence-corrected chi connectivity index (χ3v) is 4.32. The van der Waals surface area contributed by atoms with Crippen molar-refractivity contribution in [3.8, 4) is 0 Å². The van der Waals surface area contributed by atoms with E-state index in [0.717, 1.165) is 17.0 Å². The van der Waals surface area contributed by atoms with Gasteiger partial charge in [0.1, 0.15) is 11.6 Å². The number of ether oxygens (including phenoxy) is 2. The maximum absolute atomic E-state index is 12.8. The van der Waals surface area contributed by atoms with Crippen molar-refractivity contribution in [1.29, 1.82) is 0 Å². The Balaban J connectivity index is 2.22. The Labute approximate surface area is 167 Å².